The van der Waals surface area contributed by atoms with E-state index >= 15 is 0 Å². The molecule has 0 spiro atoms. The van der Waals surface area contributed by atoms with Crippen LogP contribution in [0, 0.1) is 6.92 Å². The van der Waals surface area contributed by atoms with E-state index in [1.807, 2.05) is 6.92 Å². The molecule has 1 aliphatic heterocycles. The molecule has 9 heteroatoms. The van der Waals surface area contributed by atoms with E-state index in [2.05, 4.69) is 10.00 Å². The molecule has 0 N–H and O–H groups in total. The number of rotatable bonds is 5. The van der Waals surface area contributed by atoms with Crippen molar-refractivity contribution >= 4 is 10.0 Å². The number of piperazine rings is 1. The highest BCUT2D eigenvalue weighted by Crippen LogP contribution is 2.29. The first-order valence-electron chi connectivity index (χ1n) is 7.65. The molecule has 3 rings (SSSR count). The first-order chi connectivity index (χ1) is 10.4. The van der Waals surface area contributed by atoms with Crippen molar-refractivity contribution in [2.45, 2.75) is 45.3 Å². The average molecular weight is 330 g/mol. The maximum Gasteiger partial charge on any atom is 0.437 e. The summed E-state index contributed by atoms with van der Waals surface area (Å²) >= 11 is 0. The van der Waals surface area contributed by atoms with Gasteiger partial charge in [0, 0.05) is 38.6 Å². The van der Waals surface area contributed by atoms with Gasteiger partial charge in [0.2, 0.25) is 15.9 Å². The SMILES string of the molecule is Cc1nn(CCS(=O)(=O)N2CCN(C3CC3)CC2C)c(=O)o1. The van der Waals surface area contributed by atoms with Gasteiger partial charge in [-0.2, -0.15) is 8.99 Å². The second-order valence-electron chi connectivity index (χ2n) is 6.11. The molecule has 2 fully saturated rings. The van der Waals surface area contributed by atoms with Crippen molar-refractivity contribution in [1.29, 1.82) is 0 Å². The quantitative estimate of drug-likeness (QED) is 0.733. The largest absolute Gasteiger partial charge is 0.437 e. The maximum atomic E-state index is 12.5. The standard InChI is InChI=1S/C13H22N4O4S/c1-10-9-15(12-3-4-12)5-6-17(10)22(19,20)8-7-16-13(18)21-11(2)14-16/h10,12H,3-9H2,1-2H3. The number of nitrogens with zero attached hydrogens (tertiary/aromatic N) is 4. The number of aryl methyl sites for hydroxylation is 2. The fourth-order valence-electron chi connectivity index (χ4n) is 3.02. The first-order valence-corrected chi connectivity index (χ1v) is 9.26. The Hall–Kier alpha value is -1.19. The van der Waals surface area contributed by atoms with Gasteiger partial charge >= 0.3 is 5.76 Å². The van der Waals surface area contributed by atoms with Crippen molar-refractivity contribution in [3.05, 3.63) is 16.4 Å². The van der Waals surface area contributed by atoms with Crippen molar-refractivity contribution in [1.82, 2.24) is 19.0 Å². The Morgan fingerprint density at radius 2 is 2.05 bits per heavy atom. The highest BCUT2D eigenvalue weighted by Gasteiger charge is 2.37. The molecule has 0 aromatic carbocycles. The van der Waals surface area contributed by atoms with Crippen LogP contribution in [-0.4, -0.2) is 64.9 Å². The zero-order chi connectivity index (χ0) is 15.9. The van der Waals surface area contributed by atoms with Gasteiger partial charge in [-0.15, -0.1) is 5.10 Å². The lowest BCUT2D eigenvalue weighted by Crippen LogP contribution is -2.55. The summed E-state index contributed by atoms with van der Waals surface area (Å²) in [4.78, 5) is 13.8. The molecule has 1 aliphatic carbocycles. The van der Waals surface area contributed by atoms with Gasteiger partial charge in [-0.1, -0.05) is 0 Å². The van der Waals surface area contributed by atoms with Gasteiger partial charge in [0.05, 0.1) is 12.3 Å². The molecule has 0 bridgehead atoms. The van der Waals surface area contributed by atoms with E-state index in [9.17, 15) is 13.2 Å². The minimum atomic E-state index is -3.40. The molecule has 1 unspecified atom stereocenters. The van der Waals surface area contributed by atoms with Gasteiger partial charge in [-0.05, 0) is 19.8 Å². The third kappa shape index (κ3) is 3.26. The summed E-state index contributed by atoms with van der Waals surface area (Å²) in [5.41, 5.74) is 0. The van der Waals surface area contributed by atoms with Gasteiger partial charge in [-0.25, -0.2) is 13.2 Å². The lowest BCUT2D eigenvalue weighted by atomic mass is 10.2. The molecular formula is C13H22N4O4S. The van der Waals surface area contributed by atoms with E-state index in [4.69, 9.17) is 4.42 Å². The van der Waals surface area contributed by atoms with Crippen LogP contribution in [0.5, 0.6) is 0 Å². The van der Waals surface area contributed by atoms with Gasteiger partial charge < -0.3 is 4.42 Å². The van der Waals surface area contributed by atoms with E-state index in [1.165, 1.54) is 12.8 Å². The highest BCUT2D eigenvalue weighted by molar-refractivity contribution is 7.89. The van der Waals surface area contributed by atoms with Crippen molar-refractivity contribution in [3.63, 3.8) is 0 Å². The summed E-state index contributed by atoms with van der Waals surface area (Å²) in [7, 11) is -3.40. The van der Waals surface area contributed by atoms with Crippen molar-refractivity contribution in [2.75, 3.05) is 25.4 Å². The van der Waals surface area contributed by atoms with Crippen LogP contribution in [-0.2, 0) is 16.6 Å². The molecular weight excluding hydrogens is 308 g/mol. The highest BCUT2D eigenvalue weighted by atomic mass is 32.2. The summed E-state index contributed by atoms with van der Waals surface area (Å²) in [6.07, 6.45) is 2.46. The van der Waals surface area contributed by atoms with E-state index in [0.29, 0.717) is 12.6 Å². The minimum Gasteiger partial charge on any atom is -0.393 e. The summed E-state index contributed by atoms with van der Waals surface area (Å²) in [5, 5.41) is 3.87. The zero-order valence-electron chi connectivity index (χ0n) is 12.9. The fraction of sp³-hybridized carbons (Fsp3) is 0.846. The number of hydrogen-bond acceptors (Lipinski definition) is 6. The molecule has 0 amide bonds. The summed E-state index contributed by atoms with van der Waals surface area (Å²) in [5.74, 6) is -0.500. The smallest absolute Gasteiger partial charge is 0.393 e. The molecule has 8 nitrogen and oxygen atoms in total. The molecule has 1 aromatic rings. The van der Waals surface area contributed by atoms with Crippen LogP contribution in [0.4, 0.5) is 0 Å². The summed E-state index contributed by atoms with van der Waals surface area (Å²) in [6.45, 7) is 5.62. The van der Waals surface area contributed by atoms with Gasteiger partial charge in [0.15, 0.2) is 0 Å². The summed E-state index contributed by atoms with van der Waals surface area (Å²) in [6, 6.07) is 0.624. The second kappa shape index (κ2) is 5.78. The molecule has 1 saturated carbocycles. The molecule has 0 radical (unpaired) electrons. The fourth-order valence-corrected chi connectivity index (χ4v) is 4.64. The molecule has 22 heavy (non-hydrogen) atoms. The van der Waals surface area contributed by atoms with E-state index < -0.39 is 15.8 Å². The van der Waals surface area contributed by atoms with Crippen LogP contribution in [0.15, 0.2) is 9.21 Å². The Morgan fingerprint density at radius 3 is 2.59 bits per heavy atom. The molecule has 1 aromatic heterocycles. The average Bonchev–Trinajstić information content (AvgIpc) is 3.22. The number of aromatic nitrogens is 2. The lowest BCUT2D eigenvalue weighted by molar-refractivity contribution is 0.137. The Labute approximate surface area is 129 Å². The molecule has 2 heterocycles. The summed E-state index contributed by atoms with van der Waals surface area (Å²) < 4.78 is 32.4. The number of sulfonamides is 1. The van der Waals surface area contributed by atoms with Crippen LogP contribution in [0.2, 0.25) is 0 Å². The zero-order valence-corrected chi connectivity index (χ0v) is 13.8. The van der Waals surface area contributed by atoms with Crippen LogP contribution in [0.25, 0.3) is 0 Å². The Kier molecular flexibility index (Phi) is 4.13. The second-order valence-corrected chi connectivity index (χ2v) is 8.15. The Morgan fingerprint density at radius 1 is 1.32 bits per heavy atom. The predicted molar refractivity (Wildman–Crippen MR) is 80.0 cm³/mol. The monoisotopic (exact) mass is 330 g/mol. The number of hydrogen-bond donors (Lipinski definition) is 0. The van der Waals surface area contributed by atoms with Crippen LogP contribution in [0.3, 0.4) is 0 Å². The molecule has 1 atom stereocenters. The van der Waals surface area contributed by atoms with Crippen LogP contribution < -0.4 is 5.76 Å². The van der Waals surface area contributed by atoms with Crippen molar-refractivity contribution in [2.24, 2.45) is 0 Å². The maximum absolute atomic E-state index is 12.5. The van der Waals surface area contributed by atoms with Gasteiger partial charge in [0.1, 0.15) is 0 Å². The molecule has 124 valence electrons. The van der Waals surface area contributed by atoms with Crippen molar-refractivity contribution < 1.29 is 12.8 Å². The van der Waals surface area contributed by atoms with Crippen LogP contribution in [0.1, 0.15) is 25.7 Å². The lowest BCUT2D eigenvalue weighted by Gasteiger charge is -2.39. The Bertz CT molecular complexity index is 691. The molecule has 1 saturated heterocycles. The van der Waals surface area contributed by atoms with Crippen molar-refractivity contribution in [3.8, 4) is 0 Å². The van der Waals surface area contributed by atoms with E-state index in [-0.39, 0.29) is 24.2 Å². The Balaban J connectivity index is 1.62. The topological polar surface area (TPSA) is 88.7 Å². The first kappa shape index (κ1) is 15.7. The van der Waals surface area contributed by atoms with Crippen LogP contribution >= 0.6 is 0 Å². The van der Waals surface area contributed by atoms with E-state index in [1.54, 1.807) is 11.2 Å². The third-order valence-corrected chi connectivity index (χ3v) is 6.24. The molecule has 2 aliphatic rings. The normalized spacial score (nSPS) is 24.7. The van der Waals surface area contributed by atoms with E-state index in [0.717, 1.165) is 17.8 Å². The van der Waals surface area contributed by atoms with Gasteiger partial charge in [-0.3, -0.25) is 4.90 Å². The minimum absolute atomic E-state index is 0.0219. The van der Waals surface area contributed by atoms with Gasteiger partial charge in [0.25, 0.3) is 0 Å². The third-order valence-electron chi connectivity index (χ3n) is 4.29. The predicted octanol–water partition coefficient (Wildman–Crippen LogP) is -0.357.